The van der Waals surface area contributed by atoms with E-state index >= 15 is 0 Å². The Morgan fingerprint density at radius 1 is 0.517 bits per heavy atom. The van der Waals surface area contributed by atoms with Crippen LogP contribution in [0.1, 0.15) is 99.3 Å². The van der Waals surface area contributed by atoms with E-state index in [9.17, 15) is 0 Å². The number of nitrogens with zero attached hydrogens (tertiary/aromatic N) is 1. The molecule has 0 amide bonds. The van der Waals surface area contributed by atoms with E-state index in [-0.39, 0.29) is 17.0 Å². The number of rotatable bonds is 21. The number of unbranched alkanes of at least 4 members (excludes halogenated alkanes) is 3. The van der Waals surface area contributed by atoms with E-state index in [4.69, 9.17) is 13.3 Å². The van der Waals surface area contributed by atoms with Gasteiger partial charge >= 0.3 is 8.80 Å². The summed E-state index contributed by atoms with van der Waals surface area (Å²) in [5.41, 5.74) is 0. The van der Waals surface area contributed by atoms with Crippen LogP contribution in [0.25, 0.3) is 0 Å². The Kier molecular flexibility index (Phi) is 22.4. The van der Waals surface area contributed by atoms with Crippen LogP contribution in [-0.2, 0) is 13.3 Å². The maximum absolute atomic E-state index is 6.38. The highest BCUT2D eigenvalue weighted by molar-refractivity contribution is 6.60. The summed E-state index contributed by atoms with van der Waals surface area (Å²) in [4.78, 5) is 0. The molecule has 0 unspecified atom stereocenters. The molecule has 178 valence electrons. The average molecular weight is 499 g/mol. The summed E-state index contributed by atoms with van der Waals surface area (Å²) >= 11 is 0. The Morgan fingerprint density at radius 3 is 1.14 bits per heavy atom. The highest BCUT2D eigenvalue weighted by atomic mass is 79.9. The minimum atomic E-state index is -2.60. The lowest BCUT2D eigenvalue weighted by molar-refractivity contribution is -0.927. The first kappa shape index (κ1) is 31.7. The molecule has 0 fully saturated rings. The van der Waals surface area contributed by atoms with E-state index < -0.39 is 8.80 Å². The molecule has 0 aromatic rings. The van der Waals surface area contributed by atoms with Gasteiger partial charge in [-0.25, -0.2) is 0 Å². The monoisotopic (exact) mass is 497 g/mol. The summed E-state index contributed by atoms with van der Waals surface area (Å²) in [7, 11) is -2.60. The molecule has 0 bridgehead atoms. The lowest BCUT2D eigenvalue weighted by Crippen LogP contribution is -3.00. The lowest BCUT2D eigenvalue weighted by atomic mass is 10.1. The molecule has 6 heteroatoms. The Bertz CT molecular complexity index is 273. The van der Waals surface area contributed by atoms with Crippen LogP contribution < -0.4 is 17.0 Å². The van der Waals surface area contributed by atoms with Crippen molar-refractivity contribution < 1.29 is 34.7 Å². The highest BCUT2D eigenvalue weighted by Gasteiger charge is 2.44. The topological polar surface area (TPSA) is 27.7 Å². The third-order valence-corrected chi connectivity index (χ3v) is 8.20. The minimum Gasteiger partial charge on any atom is -1.00 e. The fraction of sp³-hybridized carbons (Fsp3) is 1.00. The van der Waals surface area contributed by atoms with E-state index in [1.165, 1.54) is 62.6 Å². The standard InChI is InChI=1S/C23H52NO3Si.BrH/c1-7-13-16-24(17-14-8-2,18-15-9-3)19-23-28(25-20-10-4,26-21-11-5)27-22-12-6;/h7-23H2,1-6H3;1H/q+1;/p-1. The Balaban J connectivity index is 0. The molecule has 0 aliphatic heterocycles. The summed E-state index contributed by atoms with van der Waals surface area (Å²) < 4.78 is 20.4. The second-order valence-corrected chi connectivity index (χ2v) is 11.0. The van der Waals surface area contributed by atoms with Gasteiger partial charge in [0.15, 0.2) is 0 Å². The molecule has 0 aromatic heterocycles. The molecule has 0 saturated heterocycles. The summed E-state index contributed by atoms with van der Waals surface area (Å²) in [6.07, 6.45) is 10.8. The summed E-state index contributed by atoms with van der Waals surface area (Å²) in [6, 6.07) is 0.962. The largest absolute Gasteiger partial charge is 1.00 e. The molecular weight excluding hydrogens is 446 g/mol. The summed E-state index contributed by atoms with van der Waals surface area (Å²) in [5.74, 6) is 0. The van der Waals surface area contributed by atoms with Crippen molar-refractivity contribution in [3.63, 3.8) is 0 Å². The number of halogens is 1. The smallest absolute Gasteiger partial charge is 0.506 e. The SMILES string of the molecule is CCCC[N+](CCCC)(CCCC)CC[Si](OCCC)(OCCC)OCCC.[Br-]. The first-order chi connectivity index (χ1) is 13.6. The van der Waals surface area contributed by atoms with Gasteiger partial charge in [-0.1, -0.05) is 60.8 Å². The Morgan fingerprint density at radius 2 is 0.862 bits per heavy atom. The molecule has 0 saturated carbocycles. The Hall–Kier alpha value is 0.537. The van der Waals surface area contributed by atoms with E-state index in [0.717, 1.165) is 51.7 Å². The molecule has 0 heterocycles. The average Bonchev–Trinajstić information content (AvgIpc) is 2.73. The maximum Gasteiger partial charge on any atom is 0.506 e. The van der Waals surface area contributed by atoms with Gasteiger partial charge < -0.3 is 34.7 Å². The summed E-state index contributed by atoms with van der Waals surface area (Å²) in [6.45, 7) is 20.7. The van der Waals surface area contributed by atoms with Gasteiger partial charge in [-0.2, -0.15) is 0 Å². The molecule has 29 heavy (non-hydrogen) atoms. The van der Waals surface area contributed by atoms with Crippen molar-refractivity contribution >= 4 is 8.80 Å². The molecule has 0 aromatic carbocycles. The molecule has 0 N–H and O–H groups in total. The van der Waals surface area contributed by atoms with Crippen molar-refractivity contribution in [2.45, 2.75) is 105 Å². The van der Waals surface area contributed by atoms with Crippen LogP contribution in [0.2, 0.25) is 6.04 Å². The van der Waals surface area contributed by atoms with Gasteiger partial charge in [0, 0.05) is 19.8 Å². The van der Waals surface area contributed by atoms with Gasteiger partial charge in [0.05, 0.1) is 32.2 Å². The Labute approximate surface area is 194 Å². The van der Waals surface area contributed by atoms with Gasteiger partial charge in [-0.15, -0.1) is 0 Å². The molecular formula is C23H52BrNO3Si. The van der Waals surface area contributed by atoms with Crippen LogP contribution in [0.5, 0.6) is 0 Å². The second-order valence-electron chi connectivity index (χ2n) is 8.28. The van der Waals surface area contributed by atoms with Gasteiger partial charge in [0.2, 0.25) is 0 Å². The van der Waals surface area contributed by atoms with Gasteiger partial charge in [0.25, 0.3) is 0 Å². The third kappa shape index (κ3) is 14.3. The predicted octanol–water partition coefficient (Wildman–Crippen LogP) is 3.43. The first-order valence-electron chi connectivity index (χ1n) is 12.3. The van der Waals surface area contributed by atoms with Crippen molar-refractivity contribution in [3.05, 3.63) is 0 Å². The van der Waals surface area contributed by atoms with E-state index in [0.29, 0.717) is 0 Å². The van der Waals surface area contributed by atoms with E-state index in [1.807, 2.05) is 0 Å². The van der Waals surface area contributed by atoms with Crippen LogP contribution in [0.15, 0.2) is 0 Å². The van der Waals surface area contributed by atoms with Crippen molar-refractivity contribution in [1.82, 2.24) is 0 Å². The van der Waals surface area contributed by atoms with Gasteiger partial charge in [-0.05, 0) is 38.5 Å². The van der Waals surface area contributed by atoms with Crippen molar-refractivity contribution in [2.75, 3.05) is 46.0 Å². The van der Waals surface area contributed by atoms with Crippen molar-refractivity contribution in [2.24, 2.45) is 0 Å². The normalized spacial score (nSPS) is 12.2. The van der Waals surface area contributed by atoms with Gasteiger partial charge in [-0.3, -0.25) is 0 Å². The number of quaternary nitrogens is 1. The second kappa shape index (κ2) is 20.4. The fourth-order valence-electron chi connectivity index (χ4n) is 3.64. The zero-order valence-electron chi connectivity index (χ0n) is 20.6. The molecule has 0 radical (unpaired) electrons. The minimum absolute atomic E-state index is 0. The van der Waals surface area contributed by atoms with E-state index in [2.05, 4.69) is 41.5 Å². The molecule has 0 spiro atoms. The van der Waals surface area contributed by atoms with E-state index in [1.54, 1.807) is 0 Å². The van der Waals surface area contributed by atoms with Crippen LogP contribution in [0, 0.1) is 0 Å². The quantitative estimate of drug-likeness (QED) is 0.179. The molecule has 0 rings (SSSR count). The van der Waals surface area contributed by atoms with Crippen molar-refractivity contribution in [3.8, 4) is 0 Å². The molecule has 0 atom stereocenters. The molecule has 0 aliphatic carbocycles. The molecule has 0 aliphatic rings. The zero-order valence-corrected chi connectivity index (χ0v) is 23.2. The highest BCUT2D eigenvalue weighted by Crippen LogP contribution is 2.23. The lowest BCUT2D eigenvalue weighted by Gasteiger charge is -2.41. The number of hydrogen-bond acceptors (Lipinski definition) is 3. The predicted molar refractivity (Wildman–Crippen MR) is 124 cm³/mol. The summed E-state index contributed by atoms with van der Waals surface area (Å²) in [5, 5.41) is 0. The zero-order chi connectivity index (χ0) is 21.1. The molecule has 4 nitrogen and oxygen atoms in total. The third-order valence-electron chi connectivity index (χ3n) is 5.43. The van der Waals surface area contributed by atoms with Gasteiger partial charge in [0.1, 0.15) is 0 Å². The van der Waals surface area contributed by atoms with Crippen LogP contribution in [0.3, 0.4) is 0 Å². The van der Waals surface area contributed by atoms with Crippen LogP contribution >= 0.6 is 0 Å². The number of hydrogen-bond donors (Lipinski definition) is 0. The van der Waals surface area contributed by atoms with Crippen LogP contribution in [0.4, 0.5) is 0 Å². The van der Waals surface area contributed by atoms with Crippen molar-refractivity contribution in [1.29, 1.82) is 0 Å². The van der Waals surface area contributed by atoms with Crippen LogP contribution in [-0.4, -0.2) is 59.3 Å². The first-order valence-corrected chi connectivity index (χ1v) is 14.3. The maximum atomic E-state index is 6.38. The fourth-order valence-corrected chi connectivity index (χ4v) is 6.62.